The molecule has 26 heavy (non-hydrogen) atoms. The monoisotopic (exact) mass is 376 g/mol. The summed E-state index contributed by atoms with van der Waals surface area (Å²) in [6, 6.07) is 0.508. The Kier molecular flexibility index (Phi) is 5.16. The van der Waals surface area contributed by atoms with Crippen LogP contribution in [0, 0.1) is 0 Å². The quantitative estimate of drug-likeness (QED) is 0.875. The van der Waals surface area contributed by atoms with Crippen LogP contribution < -0.4 is 5.73 Å². The SMILES string of the molecule is NC(=O)N1CCC(c2nc(C(=O)N(C3CCCCC3)C3CC3)cs2)CC1. The second-order valence-corrected chi connectivity index (χ2v) is 8.80. The Morgan fingerprint density at radius 2 is 1.69 bits per heavy atom. The summed E-state index contributed by atoms with van der Waals surface area (Å²) in [5, 5.41) is 2.98. The number of carbonyl (C=O) groups excluding carboxylic acids is 2. The van der Waals surface area contributed by atoms with Gasteiger partial charge < -0.3 is 15.5 Å². The number of urea groups is 1. The van der Waals surface area contributed by atoms with Crippen molar-refractivity contribution in [3.63, 3.8) is 0 Å². The molecule has 2 N–H and O–H groups in total. The molecule has 3 fully saturated rings. The van der Waals surface area contributed by atoms with Crippen molar-refractivity contribution < 1.29 is 9.59 Å². The maximum Gasteiger partial charge on any atom is 0.314 e. The molecular weight excluding hydrogens is 348 g/mol. The molecule has 0 bridgehead atoms. The van der Waals surface area contributed by atoms with Crippen molar-refractivity contribution in [1.82, 2.24) is 14.8 Å². The van der Waals surface area contributed by atoms with Crippen molar-refractivity contribution in [1.29, 1.82) is 0 Å². The molecule has 1 aromatic rings. The molecule has 1 saturated heterocycles. The molecule has 142 valence electrons. The van der Waals surface area contributed by atoms with E-state index >= 15 is 0 Å². The van der Waals surface area contributed by atoms with E-state index in [-0.39, 0.29) is 11.9 Å². The van der Waals surface area contributed by atoms with E-state index in [0.717, 1.165) is 43.5 Å². The Hall–Kier alpha value is -1.63. The van der Waals surface area contributed by atoms with Crippen LogP contribution in [0.4, 0.5) is 4.79 Å². The molecule has 2 heterocycles. The first-order valence-corrected chi connectivity index (χ1v) is 10.8. The smallest absolute Gasteiger partial charge is 0.314 e. The number of thiazole rings is 1. The first kappa shape index (κ1) is 17.8. The lowest BCUT2D eigenvalue weighted by Crippen LogP contribution is -2.43. The molecule has 2 aliphatic carbocycles. The van der Waals surface area contributed by atoms with Crippen molar-refractivity contribution in [3.05, 3.63) is 16.1 Å². The first-order valence-electron chi connectivity index (χ1n) is 9.96. The van der Waals surface area contributed by atoms with E-state index in [9.17, 15) is 9.59 Å². The minimum atomic E-state index is -0.342. The highest BCUT2D eigenvalue weighted by Crippen LogP contribution is 2.36. The largest absolute Gasteiger partial charge is 0.351 e. The van der Waals surface area contributed by atoms with Crippen LogP contribution in [-0.2, 0) is 0 Å². The van der Waals surface area contributed by atoms with Crippen LogP contribution in [0.25, 0.3) is 0 Å². The van der Waals surface area contributed by atoms with Gasteiger partial charge in [-0.3, -0.25) is 4.79 Å². The van der Waals surface area contributed by atoms with Crippen molar-refractivity contribution >= 4 is 23.3 Å². The van der Waals surface area contributed by atoms with Gasteiger partial charge >= 0.3 is 6.03 Å². The molecule has 4 rings (SSSR count). The number of rotatable bonds is 4. The van der Waals surface area contributed by atoms with Gasteiger partial charge in [0.1, 0.15) is 5.69 Å². The van der Waals surface area contributed by atoms with E-state index in [4.69, 9.17) is 10.7 Å². The number of hydrogen-bond acceptors (Lipinski definition) is 4. The van der Waals surface area contributed by atoms with E-state index in [1.54, 1.807) is 16.2 Å². The average molecular weight is 377 g/mol. The molecule has 2 saturated carbocycles. The molecule has 0 radical (unpaired) electrons. The first-order chi connectivity index (χ1) is 12.6. The molecule has 3 amide bonds. The van der Waals surface area contributed by atoms with E-state index in [1.807, 2.05) is 5.38 Å². The van der Waals surface area contributed by atoms with Gasteiger partial charge in [0.2, 0.25) is 0 Å². The summed E-state index contributed by atoms with van der Waals surface area (Å²) >= 11 is 1.60. The van der Waals surface area contributed by atoms with Gasteiger partial charge in [-0.15, -0.1) is 11.3 Å². The van der Waals surface area contributed by atoms with Crippen molar-refractivity contribution in [2.75, 3.05) is 13.1 Å². The number of primary amides is 1. The van der Waals surface area contributed by atoms with Gasteiger partial charge in [-0.2, -0.15) is 0 Å². The predicted molar refractivity (Wildman–Crippen MR) is 101 cm³/mol. The fourth-order valence-corrected chi connectivity index (χ4v) is 5.36. The molecule has 7 heteroatoms. The highest BCUT2D eigenvalue weighted by Gasteiger charge is 2.39. The lowest BCUT2D eigenvalue weighted by molar-refractivity contribution is 0.0608. The zero-order chi connectivity index (χ0) is 18.1. The Balaban J connectivity index is 1.43. The van der Waals surface area contributed by atoms with E-state index in [1.165, 1.54) is 19.3 Å². The van der Waals surface area contributed by atoms with Crippen LogP contribution >= 0.6 is 11.3 Å². The molecule has 1 aliphatic heterocycles. The van der Waals surface area contributed by atoms with Crippen LogP contribution in [0.2, 0.25) is 0 Å². The van der Waals surface area contributed by atoms with Crippen LogP contribution in [0.1, 0.15) is 79.2 Å². The third kappa shape index (κ3) is 3.72. The minimum absolute atomic E-state index is 0.136. The zero-order valence-corrected chi connectivity index (χ0v) is 16.0. The normalized spacial score (nSPS) is 22.4. The lowest BCUT2D eigenvalue weighted by Gasteiger charge is -2.34. The van der Waals surface area contributed by atoms with Gasteiger partial charge in [-0.1, -0.05) is 19.3 Å². The zero-order valence-electron chi connectivity index (χ0n) is 15.2. The van der Waals surface area contributed by atoms with Crippen molar-refractivity contribution in [2.24, 2.45) is 5.73 Å². The van der Waals surface area contributed by atoms with Crippen LogP contribution in [-0.4, -0.2) is 51.9 Å². The summed E-state index contributed by atoms with van der Waals surface area (Å²) < 4.78 is 0. The van der Waals surface area contributed by atoms with Crippen molar-refractivity contribution in [2.45, 2.75) is 75.8 Å². The molecule has 0 atom stereocenters. The third-order valence-corrected chi connectivity index (χ3v) is 7.05. The molecule has 6 nitrogen and oxygen atoms in total. The summed E-state index contributed by atoms with van der Waals surface area (Å²) in [6.07, 6.45) is 10.1. The molecule has 1 aromatic heterocycles. The topological polar surface area (TPSA) is 79.5 Å². The summed E-state index contributed by atoms with van der Waals surface area (Å²) in [7, 11) is 0. The van der Waals surface area contributed by atoms with Gasteiger partial charge in [0, 0.05) is 36.5 Å². The molecule has 0 unspecified atom stereocenters. The number of piperidine rings is 1. The summed E-state index contributed by atoms with van der Waals surface area (Å²) in [5.74, 6) is 0.470. The Morgan fingerprint density at radius 1 is 1.04 bits per heavy atom. The maximum absolute atomic E-state index is 13.2. The van der Waals surface area contributed by atoms with Crippen LogP contribution in [0.5, 0.6) is 0 Å². The maximum atomic E-state index is 13.2. The Bertz CT molecular complexity index is 658. The second-order valence-electron chi connectivity index (χ2n) is 7.91. The standard InChI is InChI=1S/C19H28N4O2S/c20-19(25)22-10-8-13(9-11-22)17-21-16(12-26-17)18(24)23(15-6-7-15)14-4-2-1-3-5-14/h12-15H,1-11H2,(H2,20,25). The fraction of sp³-hybridized carbons (Fsp3) is 0.737. The highest BCUT2D eigenvalue weighted by molar-refractivity contribution is 7.09. The number of hydrogen-bond donors (Lipinski definition) is 1. The van der Waals surface area contributed by atoms with E-state index in [2.05, 4.69) is 4.90 Å². The molecule has 0 aromatic carbocycles. The third-order valence-electron chi connectivity index (χ3n) is 6.04. The molecule has 3 aliphatic rings. The molecule has 0 spiro atoms. The van der Waals surface area contributed by atoms with Gasteiger partial charge in [-0.25, -0.2) is 9.78 Å². The number of likely N-dealkylation sites (tertiary alicyclic amines) is 1. The summed E-state index contributed by atoms with van der Waals surface area (Å²) in [5.41, 5.74) is 5.98. The summed E-state index contributed by atoms with van der Waals surface area (Å²) in [6.45, 7) is 1.36. The predicted octanol–water partition coefficient (Wildman–Crippen LogP) is 3.34. The van der Waals surface area contributed by atoms with Gasteiger partial charge in [0.25, 0.3) is 5.91 Å². The Labute approximate surface area is 158 Å². The average Bonchev–Trinajstić information content (AvgIpc) is 3.37. The fourth-order valence-electron chi connectivity index (χ4n) is 4.39. The van der Waals surface area contributed by atoms with Crippen LogP contribution in [0.15, 0.2) is 5.38 Å². The van der Waals surface area contributed by atoms with Crippen LogP contribution in [0.3, 0.4) is 0 Å². The molecular formula is C19H28N4O2S. The minimum Gasteiger partial charge on any atom is -0.351 e. The number of nitrogens with zero attached hydrogens (tertiary/aromatic N) is 3. The lowest BCUT2D eigenvalue weighted by atomic mass is 9.94. The number of amides is 3. The number of carbonyl (C=O) groups is 2. The summed E-state index contributed by atoms with van der Waals surface area (Å²) in [4.78, 5) is 33.0. The van der Waals surface area contributed by atoms with Crippen molar-refractivity contribution in [3.8, 4) is 0 Å². The number of nitrogens with two attached hydrogens (primary N) is 1. The van der Waals surface area contributed by atoms with Gasteiger partial charge in [0.05, 0.1) is 5.01 Å². The van der Waals surface area contributed by atoms with E-state index < -0.39 is 0 Å². The Morgan fingerprint density at radius 3 is 2.31 bits per heavy atom. The van der Waals surface area contributed by atoms with E-state index in [0.29, 0.717) is 36.8 Å². The highest BCUT2D eigenvalue weighted by atomic mass is 32.1. The van der Waals surface area contributed by atoms with Gasteiger partial charge in [0.15, 0.2) is 0 Å². The second kappa shape index (κ2) is 7.55. The number of aromatic nitrogens is 1. The van der Waals surface area contributed by atoms with Gasteiger partial charge in [-0.05, 0) is 38.5 Å².